The molecule has 1 aromatic heterocycles. The van der Waals surface area contributed by atoms with Gasteiger partial charge in [0.25, 0.3) is 5.91 Å². The average molecular weight is 263 g/mol. The van der Waals surface area contributed by atoms with Gasteiger partial charge in [-0.25, -0.2) is 0 Å². The van der Waals surface area contributed by atoms with Crippen LogP contribution in [0.4, 0.5) is 0 Å². The number of carbonyl (C=O) groups excluding carboxylic acids is 1. The fourth-order valence-electron chi connectivity index (χ4n) is 2.87. The minimum Gasteiger partial charge on any atom is -0.340 e. The standard InChI is InChI=1S/C15H25N3O/c1-11(2)8-13-9-14(17-16-13)15(19)18(3)10-12-6-4-5-7-12/h9,11-12H,4-8,10H2,1-3H3,(H,16,17). The Balaban J connectivity index is 1.92. The van der Waals surface area contributed by atoms with E-state index in [0.29, 0.717) is 17.5 Å². The lowest BCUT2D eigenvalue weighted by Crippen LogP contribution is -2.31. The monoisotopic (exact) mass is 263 g/mol. The zero-order chi connectivity index (χ0) is 13.8. The molecule has 1 heterocycles. The van der Waals surface area contributed by atoms with Gasteiger partial charge in [0.05, 0.1) is 0 Å². The van der Waals surface area contributed by atoms with E-state index in [0.717, 1.165) is 18.7 Å². The molecule has 4 heteroatoms. The molecule has 1 aliphatic rings. The van der Waals surface area contributed by atoms with Gasteiger partial charge in [-0.15, -0.1) is 0 Å². The SMILES string of the molecule is CC(C)Cc1cc(C(=O)N(C)CC2CCCC2)n[nH]1. The number of carbonyl (C=O) groups is 1. The highest BCUT2D eigenvalue weighted by Crippen LogP contribution is 2.25. The molecular weight excluding hydrogens is 238 g/mol. The number of rotatable bonds is 5. The molecule has 0 atom stereocenters. The summed E-state index contributed by atoms with van der Waals surface area (Å²) in [6.45, 7) is 5.19. The van der Waals surface area contributed by atoms with Crippen molar-refractivity contribution in [3.05, 3.63) is 17.5 Å². The van der Waals surface area contributed by atoms with E-state index in [9.17, 15) is 4.79 Å². The molecule has 0 radical (unpaired) electrons. The fraction of sp³-hybridized carbons (Fsp3) is 0.733. The average Bonchev–Trinajstić information content (AvgIpc) is 2.98. The maximum absolute atomic E-state index is 12.3. The minimum atomic E-state index is 0.0400. The number of hydrogen-bond donors (Lipinski definition) is 1. The van der Waals surface area contributed by atoms with Gasteiger partial charge in [0.1, 0.15) is 5.69 Å². The molecule has 106 valence electrons. The van der Waals surface area contributed by atoms with E-state index in [1.807, 2.05) is 18.0 Å². The Hall–Kier alpha value is -1.32. The van der Waals surface area contributed by atoms with Crippen molar-refractivity contribution in [3.63, 3.8) is 0 Å². The number of amides is 1. The fourth-order valence-corrected chi connectivity index (χ4v) is 2.87. The van der Waals surface area contributed by atoms with Gasteiger partial charge < -0.3 is 4.90 Å². The molecule has 0 bridgehead atoms. The molecule has 1 fully saturated rings. The van der Waals surface area contributed by atoms with Crippen molar-refractivity contribution in [1.29, 1.82) is 0 Å². The summed E-state index contributed by atoms with van der Waals surface area (Å²) >= 11 is 0. The van der Waals surface area contributed by atoms with Gasteiger partial charge in [0.2, 0.25) is 0 Å². The van der Waals surface area contributed by atoms with Crippen LogP contribution < -0.4 is 0 Å². The molecule has 0 aliphatic heterocycles. The number of nitrogens with one attached hydrogen (secondary N) is 1. The lowest BCUT2D eigenvalue weighted by Gasteiger charge is -2.19. The number of H-pyrrole nitrogens is 1. The Morgan fingerprint density at radius 2 is 2.16 bits per heavy atom. The molecule has 2 rings (SSSR count). The third-order valence-electron chi connectivity index (χ3n) is 3.83. The Bertz CT molecular complexity index is 419. The molecule has 0 aromatic carbocycles. The Morgan fingerprint density at radius 1 is 1.47 bits per heavy atom. The molecule has 1 amide bonds. The van der Waals surface area contributed by atoms with E-state index in [2.05, 4.69) is 24.0 Å². The van der Waals surface area contributed by atoms with E-state index >= 15 is 0 Å². The lowest BCUT2D eigenvalue weighted by atomic mass is 10.1. The third kappa shape index (κ3) is 3.82. The molecular formula is C15H25N3O. The second kappa shape index (κ2) is 6.22. The van der Waals surface area contributed by atoms with Crippen LogP contribution in [0.25, 0.3) is 0 Å². The van der Waals surface area contributed by atoms with E-state index in [1.54, 1.807) is 0 Å². The summed E-state index contributed by atoms with van der Waals surface area (Å²) in [5.74, 6) is 1.29. The van der Waals surface area contributed by atoms with Gasteiger partial charge in [-0.3, -0.25) is 9.89 Å². The second-order valence-electron chi connectivity index (χ2n) is 6.21. The zero-order valence-electron chi connectivity index (χ0n) is 12.3. The van der Waals surface area contributed by atoms with E-state index in [-0.39, 0.29) is 5.91 Å². The molecule has 0 unspecified atom stereocenters. The Labute approximate surface area is 115 Å². The van der Waals surface area contributed by atoms with E-state index < -0.39 is 0 Å². The summed E-state index contributed by atoms with van der Waals surface area (Å²) in [5.41, 5.74) is 1.60. The highest BCUT2D eigenvalue weighted by Gasteiger charge is 2.21. The summed E-state index contributed by atoms with van der Waals surface area (Å²) in [4.78, 5) is 14.1. The van der Waals surface area contributed by atoms with Crippen LogP contribution in [0.3, 0.4) is 0 Å². The molecule has 0 saturated heterocycles. The first-order valence-electron chi connectivity index (χ1n) is 7.36. The first-order valence-corrected chi connectivity index (χ1v) is 7.36. The predicted octanol–water partition coefficient (Wildman–Crippen LogP) is 2.87. The van der Waals surface area contributed by atoms with Gasteiger partial charge in [-0.05, 0) is 37.2 Å². The zero-order valence-corrected chi connectivity index (χ0v) is 12.3. The van der Waals surface area contributed by atoms with Gasteiger partial charge in [-0.1, -0.05) is 26.7 Å². The van der Waals surface area contributed by atoms with Crippen LogP contribution in [0.1, 0.15) is 55.7 Å². The molecule has 1 aromatic rings. The molecule has 1 N–H and O–H groups in total. The quantitative estimate of drug-likeness (QED) is 0.888. The summed E-state index contributed by atoms with van der Waals surface area (Å²) in [5, 5.41) is 7.12. The first kappa shape index (κ1) is 14.1. The maximum Gasteiger partial charge on any atom is 0.274 e. The van der Waals surface area contributed by atoms with Gasteiger partial charge in [0, 0.05) is 19.3 Å². The van der Waals surface area contributed by atoms with Crippen LogP contribution in [-0.4, -0.2) is 34.6 Å². The van der Waals surface area contributed by atoms with Crippen molar-refractivity contribution < 1.29 is 4.79 Å². The van der Waals surface area contributed by atoms with Crippen molar-refractivity contribution in [2.24, 2.45) is 11.8 Å². The molecule has 1 aliphatic carbocycles. The van der Waals surface area contributed by atoms with Crippen LogP contribution in [0, 0.1) is 11.8 Å². The van der Waals surface area contributed by atoms with Crippen LogP contribution in [0.15, 0.2) is 6.07 Å². The smallest absolute Gasteiger partial charge is 0.274 e. The predicted molar refractivity (Wildman–Crippen MR) is 76.0 cm³/mol. The first-order chi connectivity index (χ1) is 9.06. The summed E-state index contributed by atoms with van der Waals surface area (Å²) in [6.07, 6.45) is 6.08. The van der Waals surface area contributed by atoms with Gasteiger partial charge in [0.15, 0.2) is 0 Å². The van der Waals surface area contributed by atoms with Crippen LogP contribution in [0.2, 0.25) is 0 Å². The number of aromatic amines is 1. The summed E-state index contributed by atoms with van der Waals surface area (Å²) in [6, 6.07) is 1.90. The van der Waals surface area contributed by atoms with Crippen molar-refractivity contribution in [3.8, 4) is 0 Å². The maximum atomic E-state index is 12.3. The number of aromatic nitrogens is 2. The summed E-state index contributed by atoms with van der Waals surface area (Å²) in [7, 11) is 1.89. The topological polar surface area (TPSA) is 49.0 Å². The largest absolute Gasteiger partial charge is 0.340 e. The molecule has 4 nitrogen and oxygen atoms in total. The van der Waals surface area contributed by atoms with Crippen LogP contribution >= 0.6 is 0 Å². The Morgan fingerprint density at radius 3 is 2.79 bits per heavy atom. The number of nitrogens with zero attached hydrogens (tertiary/aromatic N) is 2. The van der Waals surface area contributed by atoms with Crippen molar-refractivity contribution >= 4 is 5.91 Å². The molecule has 19 heavy (non-hydrogen) atoms. The van der Waals surface area contributed by atoms with Gasteiger partial charge >= 0.3 is 0 Å². The minimum absolute atomic E-state index is 0.0400. The van der Waals surface area contributed by atoms with Crippen molar-refractivity contribution in [2.45, 2.75) is 46.0 Å². The van der Waals surface area contributed by atoms with Crippen LogP contribution in [-0.2, 0) is 6.42 Å². The lowest BCUT2D eigenvalue weighted by molar-refractivity contribution is 0.0767. The number of hydrogen-bond acceptors (Lipinski definition) is 2. The normalized spacial score (nSPS) is 16.2. The van der Waals surface area contributed by atoms with Crippen molar-refractivity contribution in [2.75, 3.05) is 13.6 Å². The highest BCUT2D eigenvalue weighted by atomic mass is 16.2. The van der Waals surface area contributed by atoms with Gasteiger partial charge in [-0.2, -0.15) is 5.10 Å². The van der Waals surface area contributed by atoms with Crippen LogP contribution in [0.5, 0.6) is 0 Å². The summed E-state index contributed by atoms with van der Waals surface area (Å²) < 4.78 is 0. The molecule has 0 spiro atoms. The molecule has 1 saturated carbocycles. The highest BCUT2D eigenvalue weighted by molar-refractivity contribution is 5.92. The van der Waals surface area contributed by atoms with Crippen molar-refractivity contribution in [1.82, 2.24) is 15.1 Å². The van der Waals surface area contributed by atoms with E-state index in [1.165, 1.54) is 25.7 Å². The Kier molecular flexibility index (Phi) is 4.61. The second-order valence-corrected chi connectivity index (χ2v) is 6.21. The third-order valence-corrected chi connectivity index (χ3v) is 3.83. The van der Waals surface area contributed by atoms with E-state index in [4.69, 9.17) is 0 Å².